The highest BCUT2D eigenvalue weighted by Gasteiger charge is 2.16. The molecule has 2 heterocycles. The number of hydrogen-bond donors (Lipinski definition) is 2. The molecule has 0 unspecified atom stereocenters. The molecule has 17 heavy (non-hydrogen) atoms. The van der Waals surface area contributed by atoms with Crippen LogP contribution in [0.15, 0.2) is 18.5 Å². The Bertz CT molecular complexity index is 520. The van der Waals surface area contributed by atoms with Gasteiger partial charge in [0, 0.05) is 5.69 Å². The van der Waals surface area contributed by atoms with E-state index in [2.05, 4.69) is 25.7 Å². The van der Waals surface area contributed by atoms with E-state index in [4.69, 9.17) is 0 Å². The number of rotatable bonds is 3. The van der Waals surface area contributed by atoms with Gasteiger partial charge in [0.2, 0.25) is 0 Å². The molecule has 2 aromatic heterocycles. The third-order valence-electron chi connectivity index (χ3n) is 2.43. The lowest BCUT2D eigenvalue weighted by Gasteiger charge is -2.04. The summed E-state index contributed by atoms with van der Waals surface area (Å²) in [5, 5.41) is 17.0. The van der Waals surface area contributed by atoms with E-state index in [1.807, 2.05) is 13.8 Å². The van der Waals surface area contributed by atoms with E-state index in [1.54, 1.807) is 6.07 Å². The first-order valence-corrected chi connectivity index (χ1v) is 5.34. The molecule has 0 atom stereocenters. The third-order valence-corrected chi connectivity index (χ3v) is 2.43. The van der Waals surface area contributed by atoms with Gasteiger partial charge in [0.1, 0.15) is 0 Å². The molecule has 2 N–H and O–H groups in total. The van der Waals surface area contributed by atoms with Crippen molar-refractivity contribution in [3.63, 3.8) is 0 Å². The van der Waals surface area contributed by atoms with Crippen LogP contribution in [0.1, 0.15) is 28.7 Å². The first-order valence-electron chi connectivity index (χ1n) is 5.34. The van der Waals surface area contributed by atoms with Gasteiger partial charge in [-0.15, -0.1) is 0 Å². The van der Waals surface area contributed by atoms with E-state index in [1.165, 1.54) is 12.4 Å². The molecule has 6 heteroatoms. The number of carbonyl (C=O) groups excluding carboxylic acids is 1. The summed E-state index contributed by atoms with van der Waals surface area (Å²) in [4.78, 5) is 12.1. The molecule has 6 nitrogen and oxygen atoms in total. The lowest BCUT2D eigenvalue weighted by Crippen LogP contribution is -2.14. The molecule has 0 aliphatic rings. The fraction of sp³-hybridized carbons (Fsp3) is 0.273. The average Bonchev–Trinajstić information content (AvgIpc) is 2.71. The Balaban J connectivity index is 2.23. The van der Waals surface area contributed by atoms with Gasteiger partial charge in [0.05, 0.1) is 29.3 Å². The van der Waals surface area contributed by atoms with E-state index in [0.29, 0.717) is 17.7 Å². The van der Waals surface area contributed by atoms with Crippen molar-refractivity contribution in [2.24, 2.45) is 0 Å². The maximum Gasteiger partial charge on any atom is 0.259 e. The smallest absolute Gasteiger partial charge is 0.259 e. The standard InChI is InChI=1S/C11H13N5O/c1-3-9-10(7(2)15-16-9)11(17)14-8-4-5-12-13-6-8/h4-6H,3H2,1-2H3,(H,15,16)(H,12,14,17). The highest BCUT2D eigenvalue weighted by molar-refractivity contribution is 6.05. The van der Waals surface area contributed by atoms with Gasteiger partial charge in [-0.05, 0) is 19.4 Å². The lowest BCUT2D eigenvalue weighted by molar-refractivity contribution is 0.102. The van der Waals surface area contributed by atoms with Crippen LogP contribution in [-0.2, 0) is 6.42 Å². The van der Waals surface area contributed by atoms with Crippen LogP contribution in [-0.4, -0.2) is 26.3 Å². The number of aromatic nitrogens is 4. The van der Waals surface area contributed by atoms with Crippen molar-refractivity contribution in [3.8, 4) is 0 Å². The number of H-pyrrole nitrogens is 1. The van der Waals surface area contributed by atoms with Crippen LogP contribution in [0.5, 0.6) is 0 Å². The molecule has 0 bridgehead atoms. The monoisotopic (exact) mass is 231 g/mol. The minimum atomic E-state index is -0.180. The van der Waals surface area contributed by atoms with Gasteiger partial charge in [0.25, 0.3) is 5.91 Å². The summed E-state index contributed by atoms with van der Waals surface area (Å²) in [5.41, 5.74) is 2.75. The van der Waals surface area contributed by atoms with Gasteiger partial charge in [-0.25, -0.2) is 0 Å². The molecule has 0 aliphatic carbocycles. The second-order valence-corrected chi connectivity index (χ2v) is 3.61. The number of nitrogens with one attached hydrogen (secondary N) is 2. The largest absolute Gasteiger partial charge is 0.320 e. The maximum atomic E-state index is 12.1. The number of amides is 1. The van der Waals surface area contributed by atoms with Crippen molar-refractivity contribution in [1.82, 2.24) is 20.4 Å². The zero-order valence-electron chi connectivity index (χ0n) is 9.69. The Morgan fingerprint density at radius 1 is 1.47 bits per heavy atom. The quantitative estimate of drug-likeness (QED) is 0.834. The Labute approximate surface area is 98.5 Å². The molecule has 0 saturated carbocycles. The molecular weight excluding hydrogens is 218 g/mol. The number of aryl methyl sites for hydroxylation is 2. The van der Waals surface area contributed by atoms with Crippen LogP contribution >= 0.6 is 0 Å². The number of nitrogens with zero attached hydrogens (tertiary/aromatic N) is 3. The molecule has 1 amide bonds. The summed E-state index contributed by atoms with van der Waals surface area (Å²) in [5.74, 6) is -0.180. The van der Waals surface area contributed by atoms with Gasteiger partial charge in [-0.1, -0.05) is 6.92 Å². The maximum absolute atomic E-state index is 12.1. The molecule has 88 valence electrons. The van der Waals surface area contributed by atoms with E-state index < -0.39 is 0 Å². The first kappa shape index (κ1) is 11.3. The van der Waals surface area contributed by atoms with Gasteiger partial charge in [-0.2, -0.15) is 15.3 Å². The summed E-state index contributed by atoms with van der Waals surface area (Å²) in [6.07, 6.45) is 3.74. The normalized spacial score (nSPS) is 10.2. The molecule has 0 aliphatic heterocycles. The summed E-state index contributed by atoms with van der Waals surface area (Å²) in [6, 6.07) is 1.69. The minimum Gasteiger partial charge on any atom is -0.320 e. The van der Waals surface area contributed by atoms with Crippen molar-refractivity contribution in [2.45, 2.75) is 20.3 Å². The van der Waals surface area contributed by atoms with E-state index in [9.17, 15) is 4.79 Å². The highest BCUT2D eigenvalue weighted by Crippen LogP contribution is 2.13. The van der Waals surface area contributed by atoms with E-state index >= 15 is 0 Å². The predicted octanol–water partition coefficient (Wildman–Crippen LogP) is 1.32. The summed E-state index contributed by atoms with van der Waals surface area (Å²) in [6.45, 7) is 3.78. The molecule has 2 rings (SSSR count). The number of carbonyl (C=O) groups is 1. The van der Waals surface area contributed by atoms with Crippen molar-refractivity contribution < 1.29 is 4.79 Å². The molecule has 0 radical (unpaired) electrons. The van der Waals surface area contributed by atoms with Crippen LogP contribution in [0.4, 0.5) is 5.69 Å². The highest BCUT2D eigenvalue weighted by atomic mass is 16.1. The van der Waals surface area contributed by atoms with Crippen LogP contribution in [0.2, 0.25) is 0 Å². The van der Waals surface area contributed by atoms with E-state index in [0.717, 1.165) is 11.4 Å². The number of aromatic amines is 1. The van der Waals surface area contributed by atoms with Crippen molar-refractivity contribution in [3.05, 3.63) is 35.4 Å². The average molecular weight is 231 g/mol. The van der Waals surface area contributed by atoms with Gasteiger partial charge < -0.3 is 5.32 Å². The van der Waals surface area contributed by atoms with Crippen LogP contribution < -0.4 is 5.32 Å². The second kappa shape index (κ2) is 4.73. The molecule has 0 saturated heterocycles. The van der Waals surface area contributed by atoms with Gasteiger partial charge >= 0.3 is 0 Å². The molecule has 0 spiro atoms. The van der Waals surface area contributed by atoms with Gasteiger partial charge in [-0.3, -0.25) is 9.89 Å². The van der Waals surface area contributed by atoms with Crippen LogP contribution in [0, 0.1) is 6.92 Å². The summed E-state index contributed by atoms with van der Waals surface area (Å²) >= 11 is 0. The molecule has 2 aromatic rings. The van der Waals surface area contributed by atoms with Crippen molar-refractivity contribution in [2.75, 3.05) is 5.32 Å². The van der Waals surface area contributed by atoms with E-state index in [-0.39, 0.29) is 5.91 Å². The Hall–Kier alpha value is -2.24. The lowest BCUT2D eigenvalue weighted by atomic mass is 10.1. The Morgan fingerprint density at radius 2 is 2.29 bits per heavy atom. The fourth-order valence-corrected chi connectivity index (χ4v) is 1.59. The predicted molar refractivity (Wildman–Crippen MR) is 62.7 cm³/mol. The second-order valence-electron chi connectivity index (χ2n) is 3.61. The topological polar surface area (TPSA) is 83.6 Å². The molecular formula is C11H13N5O. The minimum absolute atomic E-state index is 0.180. The number of hydrogen-bond acceptors (Lipinski definition) is 4. The fourth-order valence-electron chi connectivity index (χ4n) is 1.59. The Kier molecular flexibility index (Phi) is 3.13. The van der Waals surface area contributed by atoms with Crippen molar-refractivity contribution >= 4 is 11.6 Å². The SMILES string of the molecule is CCc1n[nH]c(C)c1C(=O)Nc1ccnnc1. The summed E-state index contributed by atoms with van der Waals surface area (Å²) < 4.78 is 0. The number of anilines is 1. The zero-order valence-corrected chi connectivity index (χ0v) is 9.69. The molecule has 0 aromatic carbocycles. The van der Waals surface area contributed by atoms with Crippen LogP contribution in [0.25, 0.3) is 0 Å². The molecule has 0 fully saturated rings. The Morgan fingerprint density at radius 3 is 2.94 bits per heavy atom. The van der Waals surface area contributed by atoms with Crippen LogP contribution in [0.3, 0.4) is 0 Å². The van der Waals surface area contributed by atoms with Gasteiger partial charge in [0.15, 0.2) is 0 Å². The van der Waals surface area contributed by atoms with Crippen molar-refractivity contribution in [1.29, 1.82) is 0 Å². The summed E-state index contributed by atoms with van der Waals surface area (Å²) in [7, 11) is 0. The third kappa shape index (κ3) is 2.30. The zero-order chi connectivity index (χ0) is 12.3. The first-order chi connectivity index (χ1) is 8.22.